The maximum absolute atomic E-state index is 9.22. The molecule has 0 saturated heterocycles. The van der Waals surface area contributed by atoms with Crippen molar-refractivity contribution in [1.29, 1.82) is 0 Å². The Bertz CT molecular complexity index is 881. The number of nitrogens with zero attached hydrogens (tertiary/aromatic N) is 1. The minimum absolute atomic E-state index is 0.0910. The minimum Gasteiger partial charge on any atom is -0.392 e. The van der Waals surface area contributed by atoms with E-state index in [0.717, 1.165) is 18.7 Å². The summed E-state index contributed by atoms with van der Waals surface area (Å²) in [6.45, 7) is 1.84. The molecule has 1 N–H and O–H groups in total. The van der Waals surface area contributed by atoms with E-state index in [1.165, 1.54) is 28.0 Å². The first kappa shape index (κ1) is 15.7. The van der Waals surface area contributed by atoms with Crippen molar-refractivity contribution in [2.75, 3.05) is 11.4 Å². The molecule has 0 bridgehead atoms. The number of hydrogen-bond acceptors (Lipinski definition) is 2. The zero-order valence-corrected chi connectivity index (χ0v) is 14.1. The third-order valence-electron chi connectivity index (χ3n) is 4.69. The molecule has 1 aliphatic heterocycles. The lowest BCUT2D eigenvalue weighted by molar-refractivity contribution is 0.282. The van der Waals surface area contributed by atoms with Crippen molar-refractivity contribution in [3.63, 3.8) is 0 Å². The second kappa shape index (κ2) is 6.96. The van der Waals surface area contributed by atoms with Crippen LogP contribution in [0.2, 0.25) is 0 Å². The zero-order chi connectivity index (χ0) is 17.1. The highest BCUT2D eigenvalue weighted by molar-refractivity contribution is 5.91. The fourth-order valence-electron chi connectivity index (χ4n) is 3.36. The highest BCUT2D eigenvalue weighted by atomic mass is 16.3. The molecule has 0 unspecified atom stereocenters. The first-order valence-electron chi connectivity index (χ1n) is 8.62. The number of para-hydroxylation sites is 1. The van der Waals surface area contributed by atoms with Gasteiger partial charge >= 0.3 is 0 Å². The third kappa shape index (κ3) is 3.35. The van der Waals surface area contributed by atoms with Gasteiger partial charge in [0, 0.05) is 18.8 Å². The number of anilines is 1. The van der Waals surface area contributed by atoms with E-state index in [-0.39, 0.29) is 6.61 Å². The van der Waals surface area contributed by atoms with E-state index in [9.17, 15) is 5.11 Å². The molecule has 0 fully saturated rings. The van der Waals surface area contributed by atoms with Crippen LogP contribution in [0.1, 0.15) is 22.3 Å². The van der Waals surface area contributed by atoms with Crippen LogP contribution in [-0.2, 0) is 13.2 Å². The molecule has 2 heteroatoms. The average Bonchev–Trinajstić information content (AvgIpc) is 2.69. The van der Waals surface area contributed by atoms with Gasteiger partial charge in [0.15, 0.2) is 0 Å². The Hall–Kier alpha value is -2.84. The smallest absolute Gasteiger partial charge is 0.0681 e. The van der Waals surface area contributed by atoms with E-state index >= 15 is 0 Å². The zero-order valence-electron chi connectivity index (χ0n) is 14.1. The predicted molar refractivity (Wildman–Crippen MR) is 104 cm³/mol. The molecule has 1 heterocycles. The van der Waals surface area contributed by atoms with Crippen LogP contribution in [0.3, 0.4) is 0 Å². The van der Waals surface area contributed by atoms with Crippen molar-refractivity contribution >= 4 is 17.3 Å². The van der Waals surface area contributed by atoms with Gasteiger partial charge in [0.1, 0.15) is 0 Å². The van der Waals surface area contributed by atoms with Crippen molar-refractivity contribution in [2.45, 2.75) is 13.2 Å². The van der Waals surface area contributed by atoms with Gasteiger partial charge in [-0.25, -0.2) is 0 Å². The first-order valence-corrected chi connectivity index (χ1v) is 8.62. The molecule has 0 aliphatic carbocycles. The number of benzene rings is 3. The lowest BCUT2D eigenvalue weighted by atomic mass is 9.96. The Morgan fingerprint density at radius 1 is 0.760 bits per heavy atom. The normalized spacial score (nSPS) is 13.3. The Labute approximate surface area is 148 Å². The number of hydrogen-bond donors (Lipinski definition) is 1. The first-order chi connectivity index (χ1) is 12.3. The summed E-state index contributed by atoms with van der Waals surface area (Å²) in [5.41, 5.74) is 7.35. The van der Waals surface area contributed by atoms with Crippen LogP contribution < -0.4 is 4.90 Å². The van der Waals surface area contributed by atoms with E-state index in [4.69, 9.17) is 0 Å². The molecule has 25 heavy (non-hydrogen) atoms. The Morgan fingerprint density at radius 3 is 2.20 bits per heavy atom. The molecule has 0 atom stereocenters. The quantitative estimate of drug-likeness (QED) is 0.748. The van der Waals surface area contributed by atoms with Crippen molar-refractivity contribution < 1.29 is 5.11 Å². The van der Waals surface area contributed by atoms with E-state index < -0.39 is 0 Å². The Balaban J connectivity index is 1.66. The summed E-state index contributed by atoms with van der Waals surface area (Å²) < 4.78 is 0. The van der Waals surface area contributed by atoms with Crippen molar-refractivity contribution in [3.8, 4) is 0 Å². The summed E-state index contributed by atoms with van der Waals surface area (Å²) in [6.07, 6.45) is 2.30. The van der Waals surface area contributed by atoms with E-state index in [2.05, 4.69) is 77.7 Å². The van der Waals surface area contributed by atoms with Crippen LogP contribution >= 0.6 is 0 Å². The Morgan fingerprint density at radius 2 is 1.44 bits per heavy atom. The van der Waals surface area contributed by atoms with E-state index in [1.54, 1.807) is 0 Å². The average molecular weight is 327 g/mol. The van der Waals surface area contributed by atoms with Crippen molar-refractivity contribution in [3.05, 3.63) is 101 Å². The summed E-state index contributed by atoms with van der Waals surface area (Å²) >= 11 is 0. The maximum atomic E-state index is 9.22. The number of aliphatic hydroxyl groups is 1. The lowest BCUT2D eigenvalue weighted by Crippen LogP contribution is -2.27. The SMILES string of the molecule is OCc1ccc(CN2CC(c3ccccc3)=Cc3ccccc32)cc1. The molecule has 0 spiro atoms. The molecular formula is C23H21NO. The van der Waals surface area contributed by atoms with E-state index in [1.807, 2.05) is 12.1 Å². The molecule has 0 amide bonds. The number of fused-ring (bicyclic) bond motifs is 1. The second-order valence-electron chi connectivity index (χ2n) is 6.43. The Kier molecular flexibility index (Phi) is 4.36. The molecule has 124 valence electrons. The van der Waals surface area contributed by atoms with Gasteiger partial charge in [0.2, 0.25) is 0 Å². The molecule has 0 radical (unpaired) electrons. The maximum Gasteiger partial charge on any atom is 0.0681 e. The largest absolute Gasteiger partial charge is 0.392 e. The molecule has 4 rings (SSSR count). The van der Waals surface area contributed by atoms with Gasteiger partial charge < -0.3 is 10.0 Å². The fourth-order valence-corrected chi connectivity index (χ4v) is 3.36. The summed E-state index contributed by atoms with van der Waals surface area (Å²) in [7, 11) is 0. The molecule has 3 aromatic carbocycles. The van der Waals surface area contributed by atoms with Gasteiger partial charge in [-0.05, 0) is 40.0 Å². The molecule has 2 nitrogen and oxygen atoms in total. The van der Waals surface area contributed by atoms with E-state index in [0.29, 0.717) is 0 Å². The number of aliphatic hydroxyl groups excluding tert-OH is 1. The second-order valence-corrected chi connectivity index (χ2v) is 6.43. The van der Waals surface area contributed by atoms with Gasteiger partial charge in [-0.3, -0.25) is 0 Å². The summed E-state index contributed by atoms with van der Waals surface area (Å²) in [5, 5.41) is 9.22. The molecule has 3 aromatic rings. The van der Waals surface area contributed by atoms with Crippen LogP contribution in [0.15, 0.2) is 78.9 Å². The van der Waals surface area contributed by atoms with Crippen molar-refractivity contribution in [1.82, 2.24) is 0 Å². The summed E-state index contributed by atoms with van der Waals surface area (Å²) in [6, 6.07) is 27.4. The van der Waals surface area contributed by atoms with Crippen LogP contribution in [0.5, 0.6) is 0 Å². The van der Waals surface area contributed by atoms with Gasteiger partial charge in [0.25, 0.3) is 0 Å². The van der Waals surface area contributed by atoms with Crippen LogP contribution in [-0.4, -0.2) is 11.7 Å². The minimum atomic E-state index is 0.0910. The van der Waals surface area contributed by atoms with Gasteiger partial charge in [-0.2, -0.15) is 0 Å². The van der Waals surface area contributed by atoms with Gasteiger partial charge in [-0.1, -0.05) is 72.8 Å². The summed E-state index contributed by atoms with van der Waals surface area (Å²) in [5.74, 6) is 0. The fraction of sp³-hybridized carbons (Fsp3) is 0.130. The standard InChI is InChI=1S/C23H21NO/c25-17-19-12-10-18(11-13-19)15-24-16-22(20-6-2-1-3-7-20)14-21-8-4-5-9-23(21)24/h1-14,25H,15-17H2. The molecular weight excluding hydrogens is 306 g/mol. The monoisotopic (exact) mass is 327 g/mol. The topological polar surface area (TPSA) is 23.5 Å². The van der Waals surface area contributed by atoms with Gasteiger partial charge in [-0.15, -0.1) is 0 Å². The molecule has 1 aliphatic rings. The predicted octanol–water partition coefficient (Wildman–Crippen LogP) is 4.74. The lowest BCUT2D eigenvalue weighted by Gasteiger charge is -2.32. The molecule has 0 saturated carbocycles. The van der Waals surface area contributed by atoms with Crippen LogP contribution in [0, 0.1) is 0 Å². The van der Waals surface area contributed by atoms with Crippen molar-refractivity contribution in [2.24, 2.45) is 0 Å². The molecule has 0 aromatic heterocycles. The van der Waals surface area contributed by atoms with Crippen LogP contribution in [0.25, 0.3) is 11.6 Å². The van der Waals surface area contributed by atoms with Crippen LogP contribution in [0.4, 0.5) is 5.69 Å². The highest BCUT2D eigenvalue weighted by Gasteiger charge is 2.18. The highest BCUT2D eigenvalue weighted by Crippen LogP contribution is 2.33. The third-order valence-corrected chi connectivity index (χ3v) is 4.69. The number of rotatable bonds is 4. The van der Waals surface area contributed by atoms with Gasteiger partial charge in [0.05, 0.1) is 6.61 Å². The summed E-state index contributed by atoms with van der Waals surface area (Å²) in [4.78, 5) is 2.42.